The van der Waals surface area contributed by atoms with E-state index in [0.29, 0.717) is 25.3 Å². The van der Waals surface area contributed by atoms with Gasteiger partial charge in [-0.15, -0.1) is 11.8 Å². The van der Waals surface area contributed by atoms with Crippen LogP contribution in [-0.2, 0) is 32.2 Å². The van der Waals surface area contributed by atoms with E-state index in [9.17, 15) is 24.6 Å². The minimum atomic E-state index is -0.953. The molecule has 3 aromatic carbocycles. The largest absolute Gasteiger partial charge is 0.478 e. The van der Waals surface area contributed by atoms with Gasteiger partial charge in [-0.1, -0.05) is 61.9 Å². The fraction of sp³-hybridized carbons (Fsp3) is 0.400. The van der Waals surface area contributed by atoms with Crippen molar-refractivity contribution in [2.45, 2.75) is 76.1 Å². The van der Waals surface area contributed by atoms with Crippen LogP contribution in [0, 0.1) is 5.92 Å². The van der Waals surface area contributed by atoms with Gasteiger partial charge in [0.15, 0.2) is 6.29 Å². The average Bonchev–Trinajstić information content (AvgIpc) is 3.05. The lowest BCUT2D eigenvalue weighted by Crippen LogP contribution is -2.38. The zero-order valence-electron chi connectivity index (χ0n) is 25.7. The fourth-order valence-corrected chi connectivity index (χ4v) is 6.18. The van der Waals surface area contributed by atoms with Crippen molar-refractivity contribution in [3.8, 4) is 0 Å². The third-order valence-corrected chi connectivity index (χ3v) is 8.94. The molecule has 0 unspecified atom stereocenters. The molecule has 0 spiro atoms. The van der Waals surface area contributed by atoms with Gasteiger partial charge in [0, 0.05) is 48.6 Å². The van der Waals surface area contributed by atoms with Crippen LogP contribution in [0.3, 0.4) is 0 Å². The molecule has 1 heterocycles. The van der Waals surface area contributed by atoms with Gasteiger partial charge in [-0.25, -0.2) is 4.79 Å². The van der Waals surface area contributed by atoms with E-state index in [1.165, 1.54) is 6.92 Å². The molecule has 240 valence electrons. The smallest absolute Gasteiger partial charge is 0.335 e. The highest BCUT2D eigenvalue weighted by atomic mass is 32.2. The number of unbranched alkanes of at least 4 members (excludes halogenated alkanes) is 2. The molecule has 10 heteroatoms. The van der Waals surface area contributed by atoms with Crippen LogP contribution in [-0.4, -0.2) is 46.4 Å². The predicted molar refractivity (Wildman–Crippen MR) is 173 cm³/mol. The molecular weight excluding hydrogens is 592 g/mol. The van der Waals surface area contributed by atoms with Gasteiger partial charge in [-0.2, -0.15) is 0 Å². The topological polar surface area (TPSA) is 134 Å². The van der Waals surface area contributed by atoms with Crippen molar-refractivity contribution in [1.82, 2.24) is 10.6 Å². The van der Waals surface area contributed by atoms with E-state index < -0.39 is 12.3 Å². The zero-order valence-corrected chi connectivity index (χ0v) is 26.6. The Bertz CT molecular complexity index is 1400. The summed E-state index contributed by atoms with van der Waals surface area (Å²) in [5.41, 5.74) is 3.92. The lowest BCUT2D eigenvalue weighted by atomic mass is 9.91. The van der Waals surface area contributed by atoms with Crippen LogP contribution in [0.5, 0.6) is 0 Å². The average molecular weight is 635 g/mol. The molecule has 1 aliphatic heterocycles. The van der Waals surface area contributed by atoms with Crippen LogP contribution in [0.15, 0.2) is 77.7 Å². The summed E-state index contributed by atoms with van der Waals surface area (Å²) in [7, 11) is 0. The van der Waals surface area contributed by atoms with Crippen LogP contribution in [0.1, 0.15) is 84.5 Å². The molecule has 0 aromatic heterocycles. The molecule has 45 heavy (non-hydrogen) atoms. The first-order valence-corrected chi connectivity index (χ1v) is 16.3. The van der Waals surface area contributed by atoms with Gasteiger partial charge in [0.25, 0.3) is 0 Å². The summed E-state index contributed by atoms with van der Waals surface area (Å²) in [4.78, 5) is 35.4. The molecule has 1 fully saturated rings. The number of benzene rings is 3. The summed E-state index contributed by atoms with van der Waals surface area (Å²) >= 11 is 1.61. The Labute approximate surface area is 268 Å². The van der Waals surface area contributed by atoms with Crippen LogP contribution < -0.4 is 10.6 Å². The number of carboxylic acid groups (broad SMARTS) is 1. The molecule has 0 aliphatic carbocycles. The Morgan fingerprint density at radius 1 is 0.822 bits per heavy atom. The number of carbonyl (C=O) groups excluding carboxylic acids is 2. The maximum atomic E-state index is 12.3. The van der Waals surface area contributed by atoms with E-state index in [1.807, 2.05) is 60.7 Å². The Morgan fingerprint density at radius 2 is 1.49 bits per heavy atom. The number of hydrogen-bond acceptors (Lipinski definition) is 7. The molecule has 4 N–H and O–H groups in total. The second-order valence-electron chi connectivity index (χ2n) is 11.3. The van der Waals surface area contributed by atoms with Crippen molar-refractivity contribution in [1.29, 1.82) is 0 Å². The molecule has 1 saturated heterocycles. The van der Waals surface area contributed by atoms with E-state index in [2.05, 4.69) is 17.6 Å². The van der Waals surface area contributed by atoms with Crippen molar-refractivity contribution in [2.24, 2.45) is 5.92 Å². The number of thioether (sulfide) groups is 1. The van der Waals surface area contributed by atoms with E-state index >= 15 is 0 Å². The van der Waals surface area contributed by atoms with Crippen molar-refractivity contribution in [3.05, 3.63) is 101 Å². The second-order valence-corrected chi connectivity index (χ2v) is 12.4. The third-order valence-electron chi connectivity index (χ3n) is 7.84. The monoisotopic (exact) mass is 634 g/mol. The summed E-state index contributed by atoms with van der Waals surface area (Å²) in [6.07, 6.45) is 1.95. The Balaban J connectivity index is 1.37. The van der Waals surface area contributed by atoms with Crippen molar-refractivity contribution in [2.75, 3.05) is 12.3 Å². The minimum absolute atomic E-state index is 0.000427. The number of carboxylic acids is 1. The Morgan fingerprint density at radius 3 is 2.13 bits per heavy atom. The van der Waals surface area contributed by atoms with E-state index in [0.717, 1.165) is 46.4 Å². The molecule has 0 bridgehead atoms. The number of nitrogens with one attached hydrogen (secondary N) is 2. The lowest BCUT2D eigenvalue weighted by molar-refractivity contribution is -0.268. The molecule has 4 atom stereocenters. The number of rotatable bonds is 15. The van der Waals surface area contributed by atoms with Crippen LogP contribution in [0.4, 0.5) is 0 Å². The van der Waals surface area contributed by atoms with Gasteiger partial charge in [0.2, 0.25) is 11.8 Å². The maximum Gasteiger partial charge on any atom is 0.335 e. The summed E-state index contributed by atoms with van der Waals surface area (Å²) in [5, 5.41) is 24.4. The summed E-state index contributed by atoms with van der Waals surface area (Å²) in [6.45, 7) is 4.63. The number of ether oxygens (including phenoxy) is 2. The minimum Gasteiger partial charge on any atom is -0.478 e. The molecular formula is C35H42N2O7S. The van der Waals surface area contributed by atoms with E-state index in [1.54, 1.807) is 23.9 Å². The quantitative estimate of drug-likeness (QED) is 0.122. The third kappa shape index (κ3) is 10.4. The predicted octanol–water partition coefficient (Wildman–Crippen LogP) is 5.77. The van der Waals surface area contributed by atoms with Gasteiger partial charge < -0.3 is 30.3 Å². The standard InChI is InChI=1S/C35H42N2O7S/c1-23-31(22-45-30-17-15-28(16-18-30)34(41)42)43-35(44-33(23)27-11-9-26(21-38)10-12-27)29-13-7-25(8-14-29)20-37-32(40)6-4-3-5-19-36-24(2)39/h7-18,23,31,33,35,38H,3-6,19-22H2,1-2H3,(H,36,39)(H,37,40)(H,41,42)/t23-,31+,33+,35+/m0/s1. The fourth-order valence-electron chi connectivity index (χ4n) is 5.12. The van der Waals surface area contributed by atoms with Crippen molar-refractivity contribution in [3.63, 3.8) is 0 Å². The highest BCUT2D eigenvalue weighted by Crippen LogP contribution is 2.43. The lowest BCUT2D eigenvalue weighted by Gasteiger charge is -2.41. The second kappa shape index (κ2) is 17.1. The highest BCUT2D eigenvalue weighted by molar-refractivity contribution is 7.99. The normalized spacial score (nSPS) is 19.5. The first kappa shape index (κ1) is 34.2. The summed E-state index contributed by atoms with van der Waals surface area (Å²) in [6, 6.07) is 22.5. The first-order chi connectivity index (χ1) is 21.7. The van der Waals surface area contributed by atoms with Crippen LogP contribution in [0.25, 0.3) is 0 Å². The van der Waals surface area contributed by atoms with Crippen LogP contribution >= 0.6 is 11.8 Å². The molecule has 9 nitrogen and oxygen atoms in total. The number of hydrogen-bond donors (Lipinski definition) is 4. The van der Waals surface area contributed by atoms with Gasteiger partial charge >= 0.3 is 5.97 Å². The molecule has 3 aromatic rings. The van der Waals surface area contributed by atoms with Gasteiger partial charge in [-0.3, -0.25) is 9.59 Å². The maximum absolute atomic E-state index is 12.3. The zero-order chi connectivity index (χ0) is 32.2. The SMILES string of the molecule is CC(=O)NCCCCCC(=O)NCc1ccc([C@@H]2O[C@H](CSc3ccc(C(=O)O)cc3)[C@H](C)[C@H](c3ccc(CO)cc3)O2)cc1. The molecule has 1 aliphatic rings. The van der Waals surface area contributed by atoms with Gasteiger partial charge in [-0.05, 0) is 53.8 Å². The van der Waals surface area contributed by atoms with Gasteiger partial charge in [0.1, 0.15) is 0 Å². The van der Waals surface area contributed by atoms with Gasteiger partial charge in [0.05, 0.1) is 24.4 Å². The summed E-state index contributed by atoms with van der Waals surface area (Å²) < 4.78 is 13.1. The molecule has 4 rings (SSSR count). The number of carbonyl (C=O) groups is 3. The summed E-state index contributed by atoms with van der Waals surface area (Å²) in [5.74, 6) is -0.322. The number of amides is 2. The van der Waals surface area contributed by atoms with E-state index in [4.69, 9.17) is 9.47 Å². The molecule has 0 saturated carbocycles. The number of aromatic carboxylic acids is 1. The van der Waals surface area contributed by atoms with Crippen molar-refractivity contribution < 1.29 is 34.1 Å². The van der Waals surface area contributed by atoms with E-state index in [-0.39, 0.29) is 42.1 Å². The highest BCUT2D eigenvalue weighted by Gasteiger charge is 2.38. The molecule has 2 amide bonds. The Hall–Kier alpha value is -3.70. The number of aliphatic hydroxyl groups is 1. The number of aliphatic hydroxyl groups excluding tert-OH is 1. The van der Waals surface area contributed by atoms with Crippen molar-refractivity contribution >= 4 is 29.5 Å². The Kier molecular flexibility index (Phi) is 13.0. The van der Waals surface area contributed by atoms with Crippen LogP contribution in [0.2, 0.25) is 0 Å². The first-order valence-electron chi connectivity index (χ1n) is 15.3. The molecule has 0 radical (unpaired) electrons.